The van der Waals surface area contributed by atoms with E-state index in [9.17, 15) is 4.79 Å². The van der Waals surface area contributed by atoms with Crippen molar-refractivity contribution in [3.05, 3.63) is 28.0 Å². The first kappa shape index (κ1) is 22.5. The number of hydrogen-bond donors (Lipinski definition) is 2. The number of piperidine rings is 1. The van der Waals surface area contributed by atoms with E-state index >= 15 is 0 Å². The largest absolute Gasteiger partial charge is 0.384 e. The zero-order valence-corrected chi connectivity index (χ0v) is 19.4. The first-order valence-corrected chi connectivity index (χ1v) is 11.5. The molecule has 0 bridgehead atoms. The lowest BCUT2D eigenvalue weighted by Crippen LogP contribution is -2.48. The molecule has 8 heteroatoms. The first-order chi connectivity index (χ1) is 14.2. The normalized spacial score (nSPS) is 19.7. The van der Waals surface area contributed by atoms with Crippen LogP contribution in [-0.4, -0.2) is 47.3 Å². The number of likely N-dealkylation sites (tertiary alicyclic amines) is 1. The number of thioether (sulfide) groups is 1. The predicted molar refractivity (Wildman–Crippen MR) is 124 cm³/mol. The van der Waals surface area contributed by atoms with Crippen LogP contribution in [0.15, 0.2) is 26.7 Å². The van der Waals surface area contributed by atoms with Gasteiger partial charge in [0.25, 0.3) is 0 Å². The number of allylic oxidation sites excluding steroid dienone is 1. The molecule has 2 aliphatic rings. The molecule has 0 aromatic carbocycles. The Bertz CT molecular complexity index is 849. The molecule has 1 amide bonds. The van der Waals surface area contributed by atoms with Crippen LogP contribution in [0.3, 0.4) is 0 Å². The lowest BCUT2D eigenvalue weighted by Gasteiger charge is -2.41. The van der Waals surface area contributed by atoms with Crippen molar-refractivity contribution in [3.63, 3.8) is 0 Å². The number of aliphatic imine (C=N–C) groups is 1. The quantitative estimate of drug-likeness (QED) is 0.327. The number of hydrogen-bond acceptors (Lipinski definition) is 6. The van der Waals surface area contributed by atoms with Crippen molar-refractivity contribution in [2.75, 3.05) is 25.9 Å². The summed E-state index contributed by atoms with van der Waals surface area (Å²) in [4.78, 5) is 26.1. The van der Waals surface area contributed by atoms with Crippen LogP contribution in [0.25, 0.3) is 0 Å². The fourth-order valence-corrected chi connectivity index (χ4v) is 5.43. The molecule has 2 fully saturated rings. The van der Waals surface area contributed by atoms with Crippen LogP contribution < -0.4 is 11.5 Å². The lowest BCUT2D eigenvalue weighted by atomic mass is 9.77. The van der Waals surface area contributed by atoms with Crippen molar-refractivity contribution in [1.29, 1.82) is 0 Å². The van der Waals surface area contributed by atoms with Crippen molar-refractivity contribution in [2.24, 2.45) is 16.1 Å². The molecule has 0 atom stereocenters. The third kappa shape index (κ3) is 4.91. The van der Waals surface area contributed by atoms with Gasteiger partial charge in [-0.3, -0.25) is 9.69 Å². The van der Waals surface area contributed by atoms with Gasteiger partial charge in [0, 0.05) is 35.6 Å². The summed E-state index contributed by atoms with van der Waals surface area (Å²) in [5, 5.41) is 0. The topological polar surface area (TPSA) is 101 Å². The van der Waals surface area contributed by atoms with Crippen molar-refractivity contribution >= 4 is 29.9 Å². The van der Waals surface area contributed by atoms with Crippen molar-refractivity contribution < 1.29 is 4.79 Å². The molecule has 1 saturated heterocycles. The number of pyridine rings is 1. The van der Waals surface area contributed by atoms with Crippen LogP contribution in [0.2, 0.25) is 0 Å². The highest BCUT2D eigenvalue weighted by Gasteiger charge is 2.38. The fraction of sp³-hybridized carbons (Fsp3) is 0.591. The second kappa shape index (κ2) is 9.29. The Labute approximate surface area is 184 Å². The minimum atomic E-state index is 0.414. The highest BCUT2D eigenvalue weighted by molar-refractivity contribution is 8.03. The summed E-state index contributed by atoms with van der Waals surface area (Å²) in [6, 6.07) is 1.86. The third-order valence-corrected chi connectivity index (χ3v) is 7.74. The van der Waals surface area contributed by atoms with Crippen LogP contribution in [0, 0.1) is 19.3 Å². The van der Waals surface area contributed by atoms with E-state index in [-0.39, 0.29) is 0 Å². The van der Waals surface area contributed by atoms with Crippen molar-refractivity contribution in [3.8, 4) is 0 Å². The maximum atomic E-state index is 11.5. The zero-order valence-electron chi connectivity index (χ0n) is 18.6. The summed E-state index contributed by atoms with van der Waals surface area (Å²) in [6.07, 6.45) is 8.48. The number of anilines is 1. The van der Waals surface area contributed by atoms with E-state index in [4.69, 9.17) is 11.5 Å². The van der Waals surface area contributed by atoms with Crippen LogP contribution >= 0.6 is 11.8 Å². The highest BCUT2D eigenvalue weighted by Crippen LogP contribution is 2.46. The van der Waals surface area contributed by atoms with Gasteiger partial charge in [-0.25, -0.2) is 4.98 Å². The van der Waals surface area contributed by atoms with Gasteiger partial charge in [0.2, 0.25) is 12.4 Å². The van der Waals surface area contributed by atoms with Crippen molar-refractivity contribution in [2.45, 2.75) is 64.2 Å². The van der Waals surface area contributed by atoms with Gasteiger partial charge in [-0.05, 0) is 63.5 Å². The molecule has 1 aliphatic heterocycles. The van der Waals surface area contributed by atoms with E-state index in [1.54, 1.807) is 7.05 Å². The van der Waals surface area contributed by atoms with Gasteiger partial charge in [-0.1, -0.05) is 24.6 Å². The van der Waals surface area contributed by atoms with E-state index < -0.39 is 0 Å². The zero-order chi connectivity index (χ0) is 21.9. The smallest absolute Gasteiger partial charge is 0.216 e. The summed E-state index contributed by atoms with van der Waals surface area (Å²) in [7, 11) is 1.73. The van der Waals surface area contributed by atoms with Crippen LogP contribution in [0.5, 0.6) is 0 Å². The summed E-state index contributed by atoms with van der Waals surface area (Å²) in [6.45, 7) is 7.73. The molecule has 4 N–H and O–H groups in total. The number of aryl methyl sites for hydroxylation is 1. The third-order valence-electron chi connectivity index (χ3n) is 6.58. The SMILES string of the molecule is C/C(Sc1cc(N)nc(C)c1C)=C(N)\N=C(/N(C)C=O)N1CCC2(CCCC2)CC1. The number of nitrogen functional groups attached to an aromatic ring is 1. The van der Waals surface area contributed by atoms with Crippen molar-refractivity contribution in [1.82, 2.24) is 14.8 Å². The minimum Gasteiger partial charge on any atom is -0.384 e. The average Bonchev–Trinajstić information content (AvgIpc) is 3.17. The Morgan fingerprint density at radius 2 is 1.90 bits per heavy atom. The molecule has 1 aromatic rings. The van der Waals surface area contributed by atoms with Gasteiger partial charge in [0.05, 0.1) is 0 Å². The van der Waals surface area contributed by atoms with E-state index in [1.807, 2.05) is 26.8 Å². The number of nitrogens with zero attached hydrogens (tertiary/aromatic N) is 4. The minimum absolute atomic E-state index is 0.414. The Balaban J connectivity index is 1.81. The van der Waals surface area contributed by atoms with E-state index in [1.165, 1.54) is 42.3 Å². The second-order valence-corrected chi connectivity index (χ2v) is 9.88. The summed E-state index contributed by atoms with van der Waals surface area (Å²) in [5.74, 6) is 1.53. The molecular formula is C22H34N6OS. The number of nitrogens with two attached hydrogens (primary N) is 2. The highest BCUT2D eigenvalue weighted by atomic mass is 32.2. The predicted octanol–water partition coefficient (Wildman–Crippen LogP) is 3.62. The van der Waals surface area contributed by atoms with Gasteiger partial charge in [-0.15, -0.1) is 0 Å². The molecule has 7 nitrogen and oxygen atoms in total. The Morgan fingerprint density at radius 1 is 1.27 bits per heavy atom. The monoisotopic (exact) mass is 430 g/mol. The number of guanidine groups is 1. The van der Waals surface area contributed by atoms with Crippen LogP contribution in [-0.2, 0) is 4.79 Å². The maximum absolute atomic E-state index is 11.5. The van der Waals surface area contributed by atoms with Gasteiger partial charge >= 0.3 is 0 Å². The lowest BCUT2D eigenvalue weighted by molar-refractivity contribution is -0.114. The number of aromatic nitrogens is 1. The molecule has 1 aromatic heterocycles. The summed E-state index contributed by atoms with van der Waals surface area (Å²) < 4.78 is 0. The molecule has 164 valence electrons. The summed E-state index contributed by atoms with van der Waals surface area (Å²) in [5.41, 5.74) is 14.8. The molecule has 1 saturated carbocycles. The second-order valence-electron chi connectivity index (χ2n) is 8.62. The van der Waals surface area contributed by atoms with Gasteiger partial charge in [-0.2, -0.15) is 4.99 Å². The standard InChI is InChI=1S/C22H34N6OS/c1-15-16(2)25-19(23)13-18(15)30-17(3)20(24)26-21(27(4)14-29)28-11-9-22(10-12-28)7-5-6-8-22/h13-14H,5-12,24H2,1-4H3,(H2,23,25)/b20-17+,26-21+. The molecule has 1 spiro atoms. The molecule has 2 heterocycles. The molecule has 3 rings (SSSR count). The molecule has 0 unspecified atom stereocenters. The summed E-state index contributed by atoms with van der Waals surface area (Å²) >= 11 is 1.53. The van der Waals surface area contributed by atoms with Gasteiger partial charge < -0.3 is 16.4 Å². The van der Waals surface area contributed by atoms with E-state index in [0.717, 1.165) is 53.4 Å². The van der Waals surface area contributed by atoms with Gasteiger partial charge in [0.1, 0.15) is 11.6 Å². The van der Waals surface area contributed by atoms with E-state index in [0.29, 0.717) is 23.0 Å². The average molecular weight is 431 g/mol. The Kier molecular flexibility index (Phi) is 6.95. The number of amides is 1. The molecule has 30 heavy (non-hydrogen) atoms. The van der Waals surface area contributed by atoms with Gasteiger partial charge in [0.15, 0.2) is 0 Å². The number of carbonyl (C=O) groups excluding carboxylic acids is 1. The Hall–Kier alpha value is -2.22. The molecular weight excluding hydrogens is 396 g/mol. The van der Waals surface area contributed by atoms with E-state index in [2.05, 4.69) is 14.9 Å². The molecule has 0 radical (unpaired) electrons. The fourth-order valence-electron chi connectivity index (χ4n) is 4.47. The van der Waals surface area contributed by atoms with Crippen LogP contribution in [0.4, 0.5) is 5.82 Å². The number of carbonyl (C=O) groups is 1. The first-order valence-electron chi connectivity index (χ1n) is 10.6. The van der Waals surface area contributed by atoms with Crippen LogP contribution in [0.1, 0.15) is 56.7 Å². The Morgan fingerprint density at radius 3 is 2.50 bits per heavy atom. The maximum Gasteiger partial charge on any atom is 0.216 e. The number of rotatable bonds is 4. The molecule has 1 aliphatic carbocycles.